The number of carbonyl (C=O) groups excluding carboxylic acids is 3. The van der Waals surface area contributed by atoms with Crippen molar-refractivity contribution >= 4 is 45.2 Å². The van der Waals surface area contributed by atoms with Crippen LogP contribution >= 0.6 is 11.6 Å². The zero-order valence-corrected chi connectivity index (χ0v) is 20.0. The molecule has 0 bridgehead atoms. The van der Waals surface area contributed by atoms with Gasteiger partial charge in [-0.1, -0.05) is 25.4 Å². The normalized spacial score (nSPS) is 11.2. The van der Waals surface area contributed by atoms with Crippen LogP contribution in [0.25, 0.3) is 0 Å². The van der Waals surface area contributed by atoms with Gasteiger partial charge in [-0.2, -0.15) is 4.31 Å². The number of nitrogens with zero attached hydrogens (tertiary/aromatic N) is 1. The monoisotopic (exact) mass is 496 g/mol. The van der Waals surface area contributed by atoms with Crippen LogP contribution in [-0.2, 0) is 24.3 Å². The minimum Gasteiger partial charge on any atom is -0.462 e. The Morgan fingerprint density at radius 2 is 1.48 bits per heavy atom. The summed E-state index contributed by atoms with van der Waals surface area (Å²) in [5.74, 6) is -1.97. The molecule has 11 heteroatoms. The van der Waals surface area contributed by atoms with Crippen LogP contribution in [0.2, 0.25) is 5.02 Å². The van der Waals surface area contributed by atoms with E-state index in [0.29, 0.717) is 11.3 Å². The van der Waals surface area contributed by atoms with Crippen LogP contribution in [0.15, 0.2) is 47.4 Å². The smallest absolute Gasteiger partial charge is 0.338 e. The molecule has 1 N–H and O–H groups in total. The fourth-order valence-corrected chi connectivity index (χ4v) is 4.80. The Morgan fingerprint density at radius 1 is 0.909 bits per heavy atom. The summed E-state index contributed by atoms with van der Waals surface area (Å²) >= 11 is 6.06. The first-order valence-electron chi connectivity index (χ1n) is 10.2. The van der Waals surface area contributed by atoms with Gasteiger partial charge in [-0.25, -0.2) is 18.0 Å². The minimum absolute atomic E-state index is 0.0255. The number of sulfonamides is 1. The molecule has 0 aliphatic rings. The summed E-state index contributed by atoms with van der Waals surface area (Å²) < 4.78 is 36.6. The Kier molecular flexibility index (Phi) is 9.39. The second-order valence-electron chi connectivity index (χ2n) is 6.66. The summed E-state index contributed by atoms with van der Waals surface area (Å²) in [6, 6.07) is 9.74. The molecule has 0 saturated carbocycles. The predicted octanol–water partition coefficient (Wildman–Crippen LogP) is 3.34. The Balaban J connectivity index is 2.03. The second-order valence-corrected chi connectivity index (χ2v) is 8.97. The molecule has 2 aromatic carbocycles. The highest BCUT2D eigenvalue weighted by Crippen LogP contribution is 2.26. The quantitative estimate of drug-likeness (QED) is 0.501. The fourth-order valence-electron chi connectivity index (χ4n) is 2.85. The van der Waals surface area contributed by atoms with Gasteiger partial charge in [0.15, 0.2) is 6.61 Å². The van der Waals surface area contributed by atoms with E-state index in [9.17, 15) is 22.8 Å². The van der Waals surface area contributed by atoms with Crippen LogP contribution in [0.1, 0.15) is 41.5 Å². The van der Waals surface area contributed by atoms with E-state index in [2.05, 4.69) is 5.32 Å². The summed E-state index contributed by atoms with van der Waals surface area (Å²) in [6.45, 7) is 5.21. The predicted molar refractivity (Wildman–Crippen MR) is 123 cm³/mol. The molecule has 0 unspecified atom stereocenters. The minimum atomic E-state index is -3.89. The van der Waals surface area contributed by atoms with Gasteiger partial charge < -0.3 is 14.8 Å². The Hall–Kier alpha value is -2.95. The number of ether oxygens (including phenoxy) is 2. The molecule has 2 rings (SSSR count). The fraction of sp³-hybridized carbons (Fsp3) is 0.318. The molecular weight excluding hydrogens is 472 g/mol. The number of hydrogen-bond acceptors (Lipinski definition) is 7. The lowest BCUT2D eigenvalue weighted by Gasteiger charge is -2.19. The van der Waals surface area contributed by atoms with E-state index in [1.165, 1.54) is 40.7 Å². The number of carbonyl (C=O) groups is 3. The summed E-state index contributed by atoms with van der Waals surface area (Å²) in [5, 5.41) is 2.50. The number of hydrogen-bond donors (Lipinski definition) is 1. The number of anilines is 1. The third-order valence-electron chi connectivity index (χ3n) is 4.50. The maximum Gasteiger partial charge on any atom is 0.338 e. The first-order chi connectivity index (χ1) is 15.6. The van der Waals surface area contributed by atoms with Gasteiger partial charge in [-0.15, -0.1) is 0 Å². The van der Waals surface area contributed by atoms with Crippen molar-refractivity contribution in [1.82, 2.24) is 4.31 Å². The van der Waals surface area contributed by atoms with Gasteiger partial charge in [0.1, 0.15) is 4.90 Å². The topological polar surface area (TPSA) is 119 Å². The average molecular weight is 497 g/mol. The molecule has 0 fully saturated rings. The lowest BCUT2D eigenvalue weighted by molar-refractivity contribution is -0.119. The maximum absolute atomic E-state index is 12.8. The summed E-state index contributed by atoms with van der Waals surface area (Å²) in [4.78, 5) is 35.9. The molecular formula is C22H25ClN2O7S. The largest absolute Gasteiger partial charge is 0.462 e. The maximum atomic E-state index is 12.8. The molecule has 178 valence electrons. The van der Waals surface area contributed by atoms with Crippen LogP contribution < -0.4 is 5.32 Å². The zero-order chi connectivity index (χ0) is 24.6. The van der Waals surface area contributed by atoms with Crippen molar-refractivity contribution in [3.05, 3.63) is 58.6 Å². The first kappa shape index (κ1) is 26.3. The third kappa shape index (κ3) is 6.77. The van der Waals surface area contributed by atoms with Crippen LogP contribution in [0.5, 0.6) is 0 Å². The van der Waals surface area contributed by atoms with Gasteiger partial charge in [-0.05, 0) is 49.4 Å². The summed E-state index contributed by atoms with van der Waals surface area (Å²) in [5.41, 5.74) is 0.666. The van der Waals surface area contributed by atoms with Crippen LogP contribution in [0.3, 0.4) is 0 Å². The lowest BCUT2D eigenvalue weighted by atomic mass is 10.2. The van der Waals surface area contributed by atoms with Gasteiger partial charge in [0.25, 0.3) is 5.91 Å². The van der Waals surface area contributed by atoms with E-state index < -0.39 is 34.5 Å². The Labute approximate surface area is 197 Å². The van der Waals surface area contributed by atoms with E-state index in [-0.39, 0.29) is 35.2 Å². The highest BCUT2D eigenvalue weighted by atomic mass is 35.5. The molecule has 0 atom stereocenters. The van der Waals surface area contributed by atoms with Gasteiger partial charge in [0.2, 0.25) is 10.0 Å². The molecule has 0 heterocycles. The number of esters is 2. The Bertz CT molecular complexity index is 1110. The first-order valence-corrected chi connectivity index (χ1v) is 12.0. The van der Waals surface area contributed by atoms with Gasteiger partial charge >= 0.3 is 11.9 Å². The van der Waals surface area contributed by atoms with Crippen molar-refractivity contribution in [1.29, 1.82) is 0 Å². The molecule has 33 heavy (non-hydrogen) atoms. The van der Waals surface area contributed by atoms with Crippen LogP contribution in [0, 0.1) is 0 Å². The van der Waals surface area contributed by atoms with E-state index in [4.69, 9.17) is 21.1 Å². The molecule has 0 aromatic heterocycles. The van der Waals surface area contributed by atoms with Crippen molar-refractivity contribution in [3.63, 3.8) is 0 Å². The molecule has 0 aliphatic heterocycles. The Morgan fingerprint density at radius 3 is 2.06 bits per heavy atom. The van der Waals surface area contributed by atoms with Crippen LogP contribution in [0.4, 0.5) is 5.69 Å². The molecule has 1 amide bonds. The van der Waals surface area contributed by atoms with Crippen molar-refractivity contribution in [2.75, 3.05) is 31.6 Å². The number of halogens is 1. The molecule has 2 aromatic rings. The van der Waals surface area contributed by atoms with E-state index in [1.54, 1.807) is 20.8 Å². The average Bonchev–Trinajstić information content (AvgIpc) is 2.79. The van der Waals surface area contributed by atoms with Gasteiger partial charge in [0, 0.05) is 18.8 Å². The second kappa shape index (κ2) is 11.8. The van der Waals surface area contributed by atoms with Crippen molar-refractivity contribution in [3.8, 4) is 0 Å². The van der Waals surface area contributed by atoms with E-state index in [0.717, 1.165) is 6.07 Å². The highest BCUT2D eigenvalue weighted by Gasteiger charge is 2.26. The molecule has 0 saturated heterocycles. The van der Waals surface area contributed by atoms with Crippen LogP contribution in [-0.4, -0.2) is 56.9 Å². The van der Waals surface area contributed by atoms with Gasteiger partial charge in [-0.3, -0.25) is 4.79 Å². The van der Waals surface area contributed by atoms with Crippen molar-refractivity contribution in [2.24, 2.45) is 0 Å². The highest BCUT2D eigenvalue weighted by molar-refractivity contribution is 7.89. The third-order valence-corrected chi connectivity index (χ3v) is 7.04. The van der Waals surface area contributed by atoms with E-state index >= 15 is 0 Å². The standard InChI is InChI=1S/C22H25ClN2O7S/c1-4-25(5-2)33(29,30)19-13-16(9-12-18(19)23)22(28)32-14-20(26)24-17-10-7-15(8-11-17)21(27)31-6-3/h7-13H,4-6,14H2,1-3H3,(H,24,26). The number of amides is 1. The molecule has 0 aliphatic carbocycles. The van der Waals surface area contributed by atoms with Crippen molar-refractivity contribution < 1.29 is 32.3 Å². The SMILES string of the molecule is CCOC(=O)c1ccc(NC(=O)COC(=O)c2ccc(Cl)c(S(=O)(=O)N(CC)CC)c2)cc1. The summed E-state index contributed by atoms with van der Waals surface area (Å²) in [6.07, 6.45) is 0. The van der Waals surface area contributed by atoms with Gasteiger partial charge in [0.05, 0.1) is 22.8 Å². The van der Waals surface area contributed by atoms with E-state index in [1.807, 2.05) is 0 Å². The lowest BCUT2D eigenvalue weighted by Crippen LogP contribution is -2.31. The summed E-state index contributed by atoms with van der Waals surface area (Å²) in [7, 11) is -3.89. The molecule has 0 spiro atoms. The number of rotatable bonds is 10. The molecule has 0 radical (unpaired) electrons. The number of nitrogens with one attached hydrogen (secondary N) is 1. The molecule has 9 nitrogen and oxygen atoms in total. The zero-order valence-electron chi connectivity index (χ0n) is 18.5. The van der Waals surface area contributed by atoms with Crippen molar-refractivity contribution in [2.45, 2.75) is 25.7 Å². The number of benzene rings is 2.